The Morgan fingerprint density at radius 1 is 1.39 bits per heavy atom. The SMILES string of the molecule is Cc1occc1Sc1ccc(CNC2CC2)cn1. The number of aryl methyl sites for hydroxylation is 1. The molecule has 94 valence electrons. The molecule has 0 bridgehead atoms. The summed E-state index contributed by atoms with van der Waals surface area (Å²) in [5.74, 6) is 0.946. The first kappa shape index (κ1) is 11.8. The van der Waals surface area contributed by atoms with Crippen LogP contribution in [0.2, 0.25) is 0 Å². The number of pyridine rings is 1. The van der Waals surface area contributed by atoms with Gasteiger partial charge in [-0.1, -0.05) is 17.8 Å². The van der Waals surface area contributed by atoms with Crippen LogP contribution in [0.4, 0.5) is 0 Å². The average molecular weight is 260 g/mol. The highest BCUT2D eigenvalue weighted by Gasteiger charge is 2.19. The fraction of sp³-hybridized carbons (Fsp3) is 0.357. The number of hydrogen-bond donors (Lipinski definition) is 1. The van der Waals surface area contributed by atoms with Gasteiger partial charge in [-0.25, -0.2) is 4.98 Å². The molecular weight excluding hydrogens is 244 g/mol. The van der Waals surface area contributed by atoms with Crippen LogP contribution in [0.5, 0.6) is 0 Å². The fourth-order valence-corrected chi connectivity index (χ4v) is 2.50. The molecule has 0 spiro atoms. The first-order valence-electron chi connectivity index (χ1n) is 6.21. The van der Waals surface area contributed by atoms with E-state index >= 15 is 0 Å². The number of nitrogens with zero attached hydrogens (tertiary/aromatic N) is 1. The molecule has 1 aliphatic rings. The second-order valence-corrected chi connectivity index (χ2v) is 5.67. The first-order chi connectivity index (χ1) is 8.81. The van der Waals surface area contributed by atoms with Crippen molar-refractivity contribution in [1.29, 1.82) is 0 Å². The Bertz CT molecular complexity index is 517. The van der Waals surface area contributed by atoms with E-state index in [1.54, 1.807) is 18.0 Å². The Morgan fingerprint density at radius 2 is 2.28 bits per heavy atom. The van der Waals surface area contributed by atoms with Gasteiger partial charge in [-0.3, -0.25) is 0 Å². The lowest BCUT2D eigenvalue weighted by Gasteiger charge is -2.04. The molecular formula is C14H16N2OS. The summed E-state index contributed by atoms with van der Waals surface area (Å²) in [5, 5.41) is 4.49. The highest BCUT2D eigenvalue weighted by atomic mass is 32.2. The van der Waals surface area contributed by atoms with Crippen molar-refractivity contribution in [2.75, 3.05) is 0 Å². The van der Waals surface area contributed by atoms with E-state index < -0.39 is 0 Å². The van der Waals surface area contributed by atoms with E-state index in [-0.39, 0.29) is 0 Å². The van der Waals surface area contributed by atoms with E-state index in [0.29, 0.717) is 0 Å². The molecule has 0 aromatic carbocycles. The van der Waals surface area contributed by atoms with Gasteiger partial charge in [0, 0.05) is 18.8 Å². The van der Waals surface area contributed by atoms with Crippen LogP contribution in [0.25, 0.3) is 0 Å². The molecule has 0 aliphatic heterocycles. The van der Waals surface area contributed by atoms with Gasteiger partial charge in [-0.2, -0.15) is 0 Å². The van der Waals surface area contributed by atoms with E-state index in [1.165, 1.54) is 18.4 Å². The van der Waals surface area contributed by atoms with Gasteiger partial charge in [0.15, 0.2) is 0 Å². The molecule has 0 unspecified atom stereocenters. The zero-order valence-electron chi connectivity index (χ0n) is 10.3. The van der Waals surface area contributed by atoms with Crippen LogP contribution < -0.4 is 5.32 Å². The second kappa shape index (κ2) is 5.16. The van der Waals surface area contributed by atoms with Crippen molar-refractivity contribution < 1.29 is 4.42 Å². The number of furan rings is 1. The van der Waals surface area contributed by atoms with Crippen molar-refractivity contribution in [3.05, 3.63) is 42.0 Å². The Balaban J connectivity index is 1.61. The number of hydrogen-bond acceptors (Lipinski definition) is 4. The summed E-state index contributed by atoms with van der Waals surface area (Å²) >= 11 is 1.64. The largest absolute Gasteiger partial charge is 0.468 e. The standard InChI is InChI=1S/C14H16N2OS/c1-10-13(6-7-17-10)18-14-5-2-11(9-16-14)8-15-12-3-4-12/h2,5-7,9,12,15H,3-4,8H2,1H3. The highest BCUT2D eigenvalue weighted by Crippen LogP contribution is 2.29. The van der Waals surface area contributed by atoms with E-state index in [2.05, 4.69) is 22.4 Å². The topological polar surface area (TPSA) is 38.1 Å². The van der Waals surface area contributed by atoms with Crippen molar-refractivity contribution >= 4 is 11.8 Å². The summed E-state index contributed by atoms with van der Waals surface area (Å²) in [6, 6.07) is 6.93. The van der Waals surface area contributed by atoms with Crippen molar-refractivity contribution in [3.8, 4) is 0 Å². The summed E-state index contributed by atoms with van der Waals surface area (Å²) in [7, 11) is 0. The maximum Gasteiger partial charge on any atom is 0.114 e. The molecule has 0 amide bonds. The van der Waals surface area contributed by atoms with Crippen molar-refractivity contribution in [1.82, 2.24) is 10.3 Å². The van der Waals surface area contributed by atoms with Crippen LogP contribution in [-0.2, 0) is 6.54 Å². The first-order valence-corrected chi connectivity index (χ1v) is 7.03. The van der Waals surface area contributed by atoms with Gasteiger partial charge in [0.1, 0.15) is 10.8 Å². The van der Waals surface area contributed by atoms with Crippen molar-refractivity contribution in [2.24, 2.45) is 0 Å². The molecule has 2 heterocycles. The van der Waals surface area contributed by atoms with Crippen LogP contribution in [0, 0.1) is 6.92 Å². The van der Waals surface area contributed by atoms with Crippen LogP contribution >= 0.6 is 11.8 Å². The minimum Gasteiger partial charge on any atom is -0.468 e. The summed E-state index contributed by atoms with van der Waals surface area (Å²) in [4.78, 5) is 5.61. The zero-order valence-corrected chi connectivity index (χ0v) is 11.2. The van der Waals surface area contributed by atoms with Gasteiger partial charge in [-0.05, 0) is 37.5 Å². The summed E-state index contributed by atoms with van der Waals surface area (Å²) < 4.78 is 5.27. The minimum atomic E-state index is 0.743. The Hall–Kier alpha value is -1.26. The van der Waals surface area contributed by atoms with Crippen LogP contribution in [0.1, 0.15) is 24.2 Å². The van der Waals surface area contributed by atoms with Gasteiger partial charge < -0.3 is 9.73 Å². The number of rotatable bonds is 5. The van der Waals surface area contributed by atoms with Crippen molar-refractivity contribution in [2.45, 2.75) is 42.3 Å². The van der Waals surface area contributed by atoms with Gasteiger partial charge in [-0.15, -0.1) is 0 Å². The predicted molar refractivity (Wildman–Crippen MR) is 71.7 cm³/mol. The molecule has 2 aromatic rings. The molecule has 0 radical (unpaired) electrons. The molecule has 0 saturated heterocycles. The van der Waals surface area contributed by atoms with Crippen LogP contribution in [0.3, 0.4) is 0 Å². The third-order valence-corrected chi connectivity index (χ3v) is 4.09. The molecule has 4 heteroatoms. The normalized spacial score (nSPS) is 14.9. The third-order valence-electron chi connectivity index (χ3n) is 3.00. The number of aromatic nitrogens is 1. The van der Waals surface area contributed by atoms with Crippen molar-refractivity contribution in [3.63, 3.8) is 0 Å². The molecule has 0 atom stereocenters. The molecule has 1 aliphatic carbocycles. The maximum absolute atomic E-state index is 5.27. The molecule has 1 fully saturated rings. The van der Waals surface area contributed by atoms with Gasteiger partial charge in [0.05, 0.1) is 11.2 Å². The fourth-order valence-electron chi connectivity index (χ4n) is 1.72. The van der Waals surface area contributed by atoms with E-state index in [0.717, 1.165) is 28.3 Å². The molecule has 1 saturated carbocycles. The quantitative estimate of drug-likeness (QED) is 0.894. The maximum atomic E-state index is 5.27. The predicted octanol–water partition coefficient (Wildman–Crippen LogP) is 3.39. The second-order valence-electron chi connectivity index (χ2n) is 4.60. The lowest BCUT2D eigenvalue weighted by Crippen LogP contribution is -2.15. The molecule has 1 N–H and O–H groups in total. The van der Waals surface area contributed by atoms with E-state index in [1.807, 2.05) is 19.2 Å². The monoisotopic (exact) mass is 260 g/mol. The number of nitrogens with one attached hydrogen (secondary N) is 1. The molecule has 2 aromatic heterocycles. The third kappa shape index (κ3) is 2.94. The highest BCUT2D eigenvalue weighted by molar-refractivity contribution is 7.99. The average Bonchev–Trinajstić information content (AvgIpc) is 3.13. The minimum absolute atomic E-state index is 0.743. The summed E-state index contributed by atoms with van der Waals surface area (Å²) in [6.45, 7) is 2.89. The summed E-state index contributed by atoms with van der Waals surface area (Å²) in [5.41, 5.74) is 1.25. The van der Waals surface area contributed by atoms with Gasteiger partial charge >= 0.3 is 0 Å². The Labute approximate surface area is 111 Å². The Morgan fingerprint density at radius 3 is 2.89 bits per heavy atom. The van der Waals surface area contributed by atoms with E-state index in [9.17, 15) is 0 Å². The van der Waals surface area contributed by atoms with Crippen LogP contribution in [-0.4, -0.2) is 11.0 Å². The summed E-state index contributed by atoms with van der Waals surface area (Å²) in [6.07, 6.45) is 6.31. The van der Waals surface area contributed by atoms with E-state index in [4.69, 9.17) is 4.42 Å². The van der Waals surface area contributed by atoms with Gasteiger partial charge in [0.25, 0.3) is 0 Å². The lowest BCUT2D eigenvalue weighted by atomic mass is 10.3. The Kier molecular flexibility index (Phi) is 3.39. The lowest BCUT2D eigenvalue weighted by molar-refractivity contribution is 0.527. The smallest absolute Gasteiger partial charge is 0.114 e. The molecule has 3 nitrogen and oxygen atoms in total. The molecule has 3 rings (SSSR count). The zero-order chi connectivity index (χ0) is 12.4. The molecule has 18 heavy (non-hydrogen) atoms. The van der Waals surface area contributed by atoms with Crippen LogP contribution in [0.15, 0.2) is 45.0 Å². The van der Waals surface area contributed by atoms with Gasteiger partial charge in [0.2, 0.25) is 0 Å².